The van der Waals surface area contributed by atoms with Crippen molar-refractivity contribution in [1.82, 2.24) is 0 Å². The van der Waals surface area contributed by atoms with Crippen molar-refractivity contribution in [3.05, 3.63) is 42.0 Å². The maximum absolute atomic E-state index is 13.0. The summed E-state index contributed by atoms with van der Waals surface area (Å²) in [6.45, 7) is 9.97. The minimum absolute atomic E-state index is 0.315. The van der Waals surface area contributed by atoms with E-state index in [9.17, 15) is 4.57 Å². The molecule has 0 amide bonds. The van der Waals surface area contributed by atoms with Gasteiger partial charge in [-0.1, -0.05) is 23.8 Å². The van der Waals surface area contributed by atoms with E-state index < -0.39 is 13.3 Å². The number of ether oxygens (including phenoxy) is 1. The standard InChI is InChI=1S/C15H23O4P/c1-6-15(20(16,18-7-2)19-8-3)13-11-12(4)9-10-14(13)17-5/h6,9-11,15H,1,7-8H2,2-5H3. The highest BCUT2D eigenvalue weighted by Crippen LogP contribution is 2.62. The van der Waals surface area contributed by atoms with Gasteiger partial charge in [-0.3, -0.25) is 4.57 Å². The Morgan fingerprint density at radius 3 is 2.35 bits per heavy atom. The van der Waals surface area contributed by atoms with Crippen molar-refractivity contribution in [3.63, 3.8) is 0 Å². The molecule has 0 fully saturated rings. The second-order valence-corrected chi connectivity index (χ2v) is 6.45. The minimum atomic E-state index is -3.31. The molecule has 0 aliphatic rings. The molecule has 0 saturated heterocycles. The van der Waals surface area contributed by atoms with Crippen molar-refractivity contribution in [3.8, 4) is 5.75 Å². The highest BCUT2D eigenvalue weighted by atomic mass is 31.2. The third-order valence-corrected chi connectivity index (χ3v) is 5.29. The van der Waals surface area contributed by atoms with Crippen LogP contribution in [0.1, 0.15) is 30.6 Å². The molecule has 0 aromatic heterocycles. The highest BCUT2D eigenvalue weighted by molar-refractivity contribution is 7.54. The van der Waals surface area contributed by atoms with Gasteiger partial charge >= 0.3 is 7.60 Å². The molecule has 0 N–H and O–H groups in total. The third kappa shape index (κ3) is 3.72. The van der Waals surface area contributed by atoms with E-state index in [0.717, 1.165) is 11.1 Å². The van der Waals surface area contributed by atoms with Gasteiger partial charge in [0.2, 0.25) is 0 Å². The fourth-order valence-corrected chi connectivity index (χ4v) is 3.99. The number of allylic oxidation sites excluding steroid dienone is 1. The lowest BCUT2D eigenvalue weighted by atomic mass is 10.1. The molecule has 0 bridgehead atoms. The molecule has 1 atom stereocenters. The van der Waals surface area contributed by atoms with Crippen LogP contribution in [0.2, 0.25) is 0 Å². The molecule has 1 rings (SSSR count). The maximum atomic E-state index is 13.0. The van der Waals surface area contributed by atoms with Crippen LogP contribution in [0.3, 0.4) is 0 Å². The van der Waals surface area contributed by atoms with Crippen LogP contribution in [-0.4, -0.2) is 20.3 Å². The van der Waals surface area contributed by atoms with Gasteiger partial charge in [0.25, 0.3) is 0 Å². The van der Waals surface area contributed by atoms with E-state index in [1.807, 2.05) is 25.1 Å². The Hall–Kier alpha value is -1.09. The zero-order valence-corrected chi connectivity index (χ0v) is 13.5. The lowest BCUT2D eigenvalue weighted by Crippen LogP contribution is -2.06. The Kier molecular flexibility index (Phi) is 6.47. The van der Waals surface area contributed by atoms with Crippen LogP contribution in [0.4, 0.5) is 0 Å². The summed E-state index contributed by atoms with van der Waals surface area (Å²) in [6, 6.07) is 5.72. The van der Waals surface area contributed by atoms with Crippen molar-refractivity contribution < 1.29 is 18.3 Å². The summed E-state index contributed by atoms with van der Waals surface area (Å²) < 4.78 is 29.2. The average Bonchev–Trinajstić information content (AvgIpc) is 2.40. The molecule has 20 heavy (non-hydrogen) atoms. The van der Waals surface area contributed by atoms with Crippen LogP contribution < -0.4 is 4.74 Å². The molecule has 1 aromatic carbocycles. The van der Waals surface area contributed by atoms with Crippen molar-refractivity contribution in [2.24, 2.45) is 0 Å². The van der Waals surface area contributed by atoms with Crippen LogP contribution in [0, 0.1) is 6.92 Å². The molecule has 0 radical (unpaired) electrons. The predicted molar refractivity (Wildman–Crippen MR) is 81.5 cm³/mol. The van der Waals surface area contributed by atoms with Gasteiger partial charge in [0.05, 0.1) is 20.3 Å². The summed E-state index contributed by atoms with van der Waals surface area (Å²) >= 11 is 0. The Balaban J connectivity index is 3.33. The quantitative estimate of drug-likeness (QED) is 0.523. The first kappa shape index (κ1) is 17.0. The first-order valence-electron chi connectivity index (χ1n) is 6.68. The van der Waals surface area contributed by atoms with Crippen LogP contribution in [0.15, 0.2) is 30.9 Å². The van der Waals surface area contributed by atoms with Gasteiger partial charge in [-0.25, -0.2) is 0 Å². The minimum Gasteiger partial charge on any atom is -0.496 e. The summed E-state index contributed by atoms with van der Waals surface area (Å²) in [5, 5.41) is 0. The number of aryl methyl sites for hydroxylation is 1. The SMILES string of the molecule is C=CC(c1cc(C)ccc1OC)P(=O)(OCC)OCC. The fraction of sp³-hybridized carbons (Fsp3) is 0.467. The largest absolute Gasteiger partial charge is 0.496 e. The Bertz CT molecular complexity index is 489. The Labute approximate surface area is 121 Å². The zero-order chi connectivity index (χ0) is 15.2. The Morgan fingerprint density at radius 2 is 1.90 bits per heavy atom. The van der Waals surface area contributed by atoms with Gasteiger partial charge in [0.15, 0.2) is 0 Å². The first-order chi connectivity index (χ1) is 9.52. The number of methoxy groups -OCH3 is 1. The van der Waals surface area contributed by atoms with E-state index in [0.29, 0.717) is 19.0 Å². The fourth-order valence-electron chi connectivity index (χ4n) is 2.07. The monoisotopic (exact) mass is 298 g/mol. The number of rotatable bonds is 8. The number of benzene rings is 1. The number of hydrogen-bond acceptors (Lipinski definition) is 4. The lowest BCUT2D eigenvalue weighted by molar-refractivity contribution is 0.215. The van der Waals surface area contributed by atoms with Gasteiger partial charge in [-0.2, -0.15) is 0 Å². The molecule has 4 nitrogen and oxygen atoms in total. The lowest BCUT2D eigenvalue weighted by Gasteiger charge is -2.25. The first-order valence-corrected chi connectivity index (χ1v) is 8.29. The number of hydrogen-bond donors (Lipinski definition) is 0. The molecule has 0 saturated carbocycles. The summed E-state index contributed by atoms with van der Waals surface area (Å²) in [4.78, 5) is 0. The summed E-state index contributed by atoms with van der Waals surface area (Å²) in [6.07, 6.45) is 1.60. The zero-order valence-electron chi connectivity index (χ0n) is 12.6. The van der Waals surface area contributed by atoms with E-state index in [1.54, 1.807) is 27.0 Å². The summed E-state index contributed by atoms with van der Waals surface area (Å²) in [5.74, 6) is 0.653. The molecular formula is C15H23O4P. The summed E-state index contributed by atoms with van der Waals surface area (Å²) in [7, 11) is -1.73. The van der Waals surface area contributed by atoms with E-state index in [-0.39, 0.29) is 0 Å². The molecule has 0 aliphatic carbocycles. The van der Waals surface area contributed by atoms with Crippen LogP contribution in [-0.2, 0) is 13.6 Å². The molecule has 0 heterocycles. The molecule has 1 unspecified atom stereocenters. The molecular weight excluding hydrogens is 275 g/mol. The van der Waals surface area contributed by atoms with E-state index in [4.69, 9.17) is 13.8 Å². The van der Waals surface area contributed by atoms with Crippen molar-refractivity contribution >= 4 is 7.60 Å². The van der Waals surface area contributed by atoms with Gasteiger partial charge in [-0.05, 0) is 26.8 Å². The maximum Gasteiger partial charge on any atom is 0.341 e. The van der Waals surface area contributed by atoms with Gasteiger partial charge in [0.1, 0.15) is 11.4 Å². The van der Waals surface area contributed by atoms with Crippen LogP contribution in [0.5, 0.6) is 5.75 Å². The van der Waals surface area contributed by atoms with Gasteiger partial charge in [0, 0.05) is 5.56 Å². The predicted octanol–water partition coefficient (Wildman–Crippen LogP) is 4.50. The molecule has 112 valence electrons. The normalized spacial score (nSPS) is 13.0. The van der Waals surface area contributed by atoms with E-state index in [2.05, 4.69) is 6.58 Å². The molecule has 0 aliphatic heterocycles. The second kappa shape index (κ2) is 7.63. The third-order valence-electron chi connectivity index (χ3n) is 2.89. The summed E-state index contributed by atoms with van der Waals surface area (Å²) in [5.41, 5.74) is 1.28. The molecule has 1 aromatic rings. The van der Waals surface area contributed by atoms with Crippen molar-refractivity contribution in [2.75, 3.05) is 20.3 Å². The smallest absolute Gasteiger partial charge is 0.341 e. The Morgan fingerprint density at radius 1 is 1.30 bits per heavy atom. The van der Waals surface area contributed by atoms with Crippen LogP contribution >= 0.6 is 7.60 Å². The van der Waals surface area contributed by atoms with Crippen molar-refractivity contribution in [2.45, 2.75) is 26.4 Å². The van der Waals surface area contributed by atoms with E-state index >= 15 is 0 Å². The highest BCUT2D eigenvalue weighted by Gasteiger charge is 2.36. The second-order valence-electron chi connectivity index (χ2n) is 4.30. The van der Waals surface area contributed by atoms with E-state index in [1.165, 1.54) is 0 Å². The topological polar surface area (TPSA) is 44.8 Å². The van der Waals surface area contributed by atoms with Gasteiger partial charge in [-0.15, -0.1) is 6.58 Å². The molecule has 0 spiro atoms. The van der Waals surface area contributed by atoms with Gasteiger partial charge < -0.3 is 13.8 Å². The molecule has 5 heteroatoms. The average molecular weight is 298 g/mol. The van der Waals surface area contributed by atoms with Crippen molar-refractivity contribution in [1.29, 1.82) is 0 Å². The van der Waals surface area contributed by atoms with Crippen LogP contribution in [0.25, 0.3) is 0 Å².